The molecule has 1 heterocycles. The van der Waals surface area contributed by atoms with E-state index in [1.54, 1.807) is 18.2 Å². The van der Waals surface area contributed by atoms with E-state index < -0.39 is 5.97 Å². The van der Waals surface area contributed by atoms with Gasteiger partial charge in [-0.1, -0.05) is 18.2 Å². The third-order valence-corrected chi connectivity index (χ3v) is 4.06. The van der Waals surface area contributed by atoms with Gasteiger partial charge in [-0.15, -0.1) is 0 Å². The van der Waals surface area contributed by atoms with E-state index >= 15 is 0 Å². The Balaban J connectivity index is 1.48. The zero-order valence-electron chi connectivity index (χ0n) is 15.8. The fourth-order valence-electron chi connectivity index (χ4n) is 2.66. The van der Waals surface area contributed by atoms with Crippen molar-refractivity contribution >= 4 is 18.0 Å². The minimum atomic E-state index is -1.04. The molecule has 1 aliphatic heterocycles. The molecule has 8 nitrogen and oxygen atoms in total. The van der Waals surface area contributed by atoms with Crippen molar-refractivity contribution in [2.75, 3.05) is 26.9 Å². The molecule has 2 aromatic carbocycles. The van der Waals surface area contributed by atoms with Crippen molar-refractivity contribution in [3.8, 4) is 23.0 Å². The highest BCUT2D eigenvalue weighted by atomic mass is 16.6. The fourth-order valence-corrected chi connectivity index (χ4v) is 2.66. The molecular weight excluding hydrogens is 378 g/mol. The summed E-state index contributed by atoms with van der Waals surface area (Å²) in [6.45, 7) is 0.425. The third-order valence-electron chi connectivity index (χ3n) is 4.06. The summed E-state index contributed by atoms with van der Waals surface area (Å²) in [6.07, 6.45) is 2.17. The molecular formula is C21H21NO7. The topological polar surface area (TPSA) is 103 Å². The molecule has 0 unspecified atom stereocenters. The Hall–Kier alpha value is -3.68. The van der Waals surface area contributed by atoms with Crippen molar-refractivity contribution in [3.05, 3.63) is 54.1 Å². The van der Waals surface area contributed by atoms with E-state index in [0.29, 0.717) is 35.2 Å². The van der Waals surface area contributed by atoms with Crippen molar-refractivity contribution in [2.24, 2.45) is 0 Å². The minimum Gasteiger partial charge on any atom is -0.493 e. The van der Waals surface area contributed by atoms with Gasteiger partial charge in [0.25, 0.3) is 5.91 Å². The molecule has 29 heavy (non-hydrogen) atoms. The molecule has 3 rings (SSSR count). The quantitative estimate of drug-likeness (QED) is 0.656. The van der Waals surface area contributed by atoms with Gasteiger partial charge in [-0.05, 0) is 35.9 Å². The van der Waals surface area contributed by atoms with Crippen LogP contribution in [0.5, 0.6) is 23.0 Å². The highest BCUT2D eigenvalue weighted by molar-refractivity contribution is 5.85. The van der Waals surface area contributed by atoms with Crippen molar-refractivity contribution in [1.82, 2.24) is 5.32 Å². The van der Waals surface area contributed by atoms with Crippen molar-refractivity contribution in [3.63, 3.8) is 0 Å². The van der Waals surface area contributed by atoms with Gasteiger partial charge in [0.05, 0.1) is 13.7 Å². The van der Waals surface area contributed by atoms with Crippen LogP contribution in [-0.4, -0.2) is 50.0 Å². The monoisotopic (exact) mass is 399 g/mol. The lowest BCUT2D eigenvalue weighted by Gasteiger charge is -2.26. The molecule has 0 bridgehead atoms. The number of methoxy groups -OCH3 is 1. The first-order valence-corrected chi connectivity index (χ1v) is 8.92. The van der Waals surface area contributed by atoms with Crippen LogP contribution in [0.25, 0.3) is 6.08 Å². The van der Waals surface area contributed by atoms with E-state index in [1.165, 1.54) is 13.2 Å². The lowest BCUT2D eigenvalue weighted by molar-refractivity contribution is -0.131. The normalized spacial score (nSPS) is 15.0. The largest absolute Gasteiger partial charge is 0.493 e. The van der Waals surface area contributed by atoms with Gasteiger partial charge in [0.2, 0.25) is 0 Å². The van der Waals surface area contributed by atoms with Gasteiger partial charge in [-0.3, -0.25) is 4.79 Å². The van der Waals surface area contributed by atoms with Gasteiger partial charge >= 0.3 is 5.97 Å². The molecule has 1 aliphatic rings. The molecule has 0 aliphatic carbocycles. The number of para-hydroxylation sites is 2. The van der Waals surface area contributed by atoms with Crippen LogP contribution in [-0.2, 0) is 9.59 Å². The number of amides is 1. The lowest BCUT2D eigenvalue weighted by Crippen LogP contribution is -2.42. The predicted octanol–water partition coefficient (Wildman–Crippen LogP) is 2.13. The number of carboxylic acids is 1. The Morgan fingerprint density at radius 2 is 2.00 bits per heavy atom. The second-order valence-electron chi connectivity index (χ2n) is 6.17. The van der Waals surface area contributed by atoms with E-state index in [0.717, 1.165) is 6.08 Å². The van der Waals surface area contributed by atoms with Gasteiger partial charge in [0.15, 0.2) is 29.6 Å². The van der Waals surface area contributed by atoms with Crippen LogP contribution in [0.2, 0.25) is 0 Å². The van der Waals surface area contributed by atoms with Crippen LogP contribution in [0.3, 0.4) is 0 Å². The van der Waals surface area contributed by atoms with E-state index in [2.05, 4.69) is 5.32 Å². The predicted molar refractivity (Wildman–Crippen MR) is 105 cm³/mol. The van der Waals surface area contributed by atoms with E-state index in [4.69, 9.17) is 24.1 Å². The molecule has 152 valence electrons. The number of carbonyl (C=O) groups excluding carboxylic acids is 1. The molecule has 1 atom stereocenters. The Kier molecular flexibility index (Phi) is 6.57. The van der Waals surface area contributed by atoms with Gasteiger partial charge in [-0.2, -0.15) is 0 Å². The molecule has 0 spiro atoms. The maximum atomic E-state index is 12.1. The molecule has 1 amide bonds. The van der Waals surface area contributed by atoms with Gasteiger partial charge in [0.1, 0.15) is 12.7 Å². The summed E-state index contributed by atoms with van der Waals surface area (Å²) >= 11 is 0. The van der Waals surface area contributed by atoms with Crippen LogP contribution in [0.1, 0.15) is 5.56 Å². The molecule has 0 aromatic heterocycles. The van der Waals surface area contributed by atoms with Gasteiger partial charge in [-0.25, -0.2) is 4.79 Å². The summed E-state index contributed by atoms with van der Waals surface area (Å²) in [5.74, 6) is 0.747. The molecule has 0 saturated heterocycles. The number of nitrogens with one attached hydrogen (secondary N) is 1. The highest BCUT2D eigenvalue weighted by Gasteiger charge is 2.21. The first kappa shape index (κ1) is 20.1. The first-order chi connectivity index (χ1) is 14.0. The number of hydrogen-bond acceptors (Lipinski definition) is 6. The molecule has 2 aromatic rings. The number of fused-ring (bicyclic) bond motifs is 1. The van der Waals surface area contributed by atoms with Gasteiger partial charge < -0.3 is 29.4 Å². The van der Waals surface area contributed by atoms with Crippen LogP contribution >= 0.6 is 0 Å². The Labute approximate surface area is 167 Å². The smallest absolute Gasteiger partial charge is 0.328 e. The zero-order valence-corrected chi connectivity index (χ0v) is 15.8. The van der Waals surface area contributed by atoms with E-state index in [9.17, 15) is 9.59 Å². The first-order valence-electron chi connectivity index (χ1n) is 8.92. The minimum absolute atomic E-state index is 0.204. The average Bonchev–Trinajstić information content (AvgIpc) is 2.74. The van der Waals surface area contributed by atoms with E-state index in [-0.39, 0.29) is 25.2 Å². The second kappa shape index (κ2) is 9.50. The molecule has 0 radical (unpaired) electrons. The summed E-state index contributed by atoms with van der Waals surface area (Å²) in [5, 5.41) is 11.4. The maximum Gasteiger partial charge on any atom is 0.328 e. The summed E-state index contributed by atoms with van der Waals surface area (Å²) in [5.41, 5.74) is 0.635. The summed E-state index contributed by atoms with van der Waals surface area (Å²) < 4.78 is 22.1. The molecule has 0 fully saturated rings. The Morgan fingerprint density at radius 3 is 2.76 bits per heavy atom. The lowest BCUT2D eigenvalue weighted by atomic mass is 10.2. The number of rotatable bonds is 8. The second-order valence-corrected chi connectivity index (χ2v) is 6.17. The summed E-state index contributed by atoms with van der Waals surface area (Å²) in [7, 11) is 1.46. The highest BCUT2D eigenvalue weighted by Crippen LogP contribution is 2.31. The number of carbonyl (C=O) groups is 2. The summed E-state index contributed by atoms with van der Waals surface area (Å²) in [4.78, 5) is 22.7. The standard InChI is InChI=1S/C21H21NO7/c1-26-19-10-14(7-9-21(24)25)6-8-17(19)28-13-20(23)22-11-15-12-27-16-4-2-3-5-18(16)29-15/h2-10,15H,11-13H2,1H3,(H,22,23)(H,24,25)/b9-7-/t15-/m0/s1. The van der Waals surface area contributed by atoms with Crippen molar-refractivity contribution in [1.29, 1.82) is 0 Å². The Morgan fingerprint density at radius 1 is 1.21 bits per heavy atom. The number of ether oxygens (including phenoxy) is 4. The zero-order chi connectivity index (χ0) is 20.6. The number of aliphatic carboxylic acids is 1. The number of hydrogen-bond donors (Lipinski definition) is 2. The van der Waals surface area contributed by atoms with Gasteiger partial charge in [0, 0.05) is 6.08 Å². The molecule has 0 saturated carbocycles. The molecule has 8 heteroatoms. The molecule has 2 N–H and O–H groups in total. The third kappa shape index (κ3) is 5.65. The van der Waals surface area contributed by atoms with Crippen LogP contribution in [0.15, 0.2) is 48.5 Å². The SMILES string of the molecule is COc1cc(/C=C\C(=O)O)ccc1OCC(=O)NC[C@H]1COc2ccccc2O1. The van der Waals surface area contributed by atoms with Crippen molar-refractivity contribution < 1.29 is 33.6 Å². The van der Waals surface area contributed by atoms with E-state index in [1.807, 2.05) is 24.3 Å². The average molecular weight is 399 g/mol. The van der Waals surface area contributed by atoms with Crippen molar-refractivity contribution in [2.45, 2.75) is 6.10 Å². The summed E-state index contributed by atoms with van der Waals surface area (Å²) in [6, 6.07) is 12.3. The Bertz CT molecular complexity index is 910. The fraction of sp³-hybridized carbons (Fsp3) is 0.238. The van der Waals surface area contributed by atoms with Crippen LogP contribution in [0, 0.1) is 0 Å². The maximum absolute atomic E-state index is 12.1. The number of benzene rings is 2. The van der Waals surface area contributed by atoms with Crippen LogP contribution < -0.4 is 24.3 Å². The number of carboxylic acid groups (broad SMARTS) is 1. The van der Waals surface area contributed by atoms with Crippen LogP contribution in [0.4, 0.5) is 0 Å².